The Balaban J connectivity index is 2.45. The predicted molar refractivity (Wildman–Crippen MR) is 70.9 cm³/mol. The lowest BCUT2D eigenvalue weighted by molar-refractivity contribution is 0.585. The highest BCUT2D eigenvalue weighted by Crippen LogP contribution is 2.27. The van der Waals surface area contributed by atoms with Crippen molar-refractivity contribution in [1.82, 2.24) is 15.1 Å². The van der Waals surface area contributed by atoms with Crippen LogP contribution in [0.5, 0.6) is 0 Å². The quantitative estimate of drug-likeness (QED) is 0.920. The van der Waals surface area contributed by atoms with Gasteiger partial charge >= 0.3 is 0 Å². The van der Waals surface area contributed by atoms with Gasteiger partial charge in [0.25, 0.3) is 0 Å². The zero-order chi connectivity index (χ0) is 14.0. The van der Waals surface area contributed by atoms with Crippen molar-refractivity contribution in [1.29, 1.82) is 0 Å². The average molecular weight is 265 g/mol. The molecule has 0 atom stereocenters. The average Bonchev–Trinajstić information content (AvgIpc) is 2.63. The fourth-order valence-electron chi connectivity index (χ4n) is 2.19. The number of benzene rings is 1. The number of aryl methyl sites for hydroxylation is 1. The summed E-state index contributed by atoms with van der Waals surface area (Å²) in [7, 11) is 3.72. The van der Waals surface area contributed by atoms with Crippen molar-refractivity contribution in [2.45, 2.75) is 13.3 Å². The molecule has 5 heteroatoms. The molecule has 0 radical (unpaired) electrons. The van der Waals surface area contributed by atoms with E-state index in [2.05, 4.69) is 10.4 Å². The maximum absolute atomic E-state index is 13.8. The van der Waals surface area contributed by atoms with Crippen molar-refractivity contribution >= 4 is 0 Å². The van der Waals surface area contributed by atoms with Crippen LogP contribution in [0.4, 0.5) is 8.78 Å². The molecule has 0 aliphatic heterocycles. The molecule has 0 saturated heterocycles. The predicted octanol–water partition coefficient (Wildman–Crippen LogP) is 2.44. The maximum atomic E-state index is 13.8. The Bertz CT molecular complexity index is 591. The van der Waals surface area contributed by atoms with Crippen LogP contribution in [0.25, 0.3) is 11.3 Å². The van der Waals surface area contributed by atoms with Gasteiger partial charge in [-0.2, -0.15) is 5.10 Å². The van der Waals surface area contributed by atoms with E-state index in [4.69, 9.17) is 0 Å². The fourth-order valence-corrected chi connectivity index (χ4v) is 2.19. The van der Waals surface area contributed by atoms with Crippen LogP contribution in [0, 0.1) is 18.6 Å². The van der Waals surface area contributed by atoms with Gasteiger partial charge in [0, 0.05) is 37.3 Å². The monoisotopic (exact) mass is 265 g/mol. The Labute approximate surface area is 111 Å². The van der Waals surface area contributed by atoms with E-state index in [1.54, 1.807) is 4.68 Å². The van der Waals surface area contributed by atoms with Gasteiger partial charge < -0.3 is 5.32 Å². The minimum atomic E-state index is -0.582. The molecular formula is C14H17F2N3. The summed E-state index contributed by atoms with van der Waals surface area (Å²) in [6, 6.07) is 3.57. The summed E-state index contributed by atoms with van der Waals surface area (Å²) < 4.78 is 28.5. The summed E-state index contributed by atoms with van der Waals surface area (Å²) in [5, 5.41) is 7.42. The van der Waals surface area contributed by atoms with Crippen molar-refractivity contribution in [3.8, 4) is 11.3 Å². The minimum Gasteiger partial charge on any atom is -0.319 e. The molecule has 19 heavy (non-hydrogen) atoms. The molecule has 2 aromatic rings. The van der Waals surface area contributed by atoms with Crippen molar-refractivity contribution in [3.63, 3.8) is 0 Å². The third-order valence-electron chi connectivity index (χ3n) is 3.23. The van der Waals surface area contributed by atoms with E-state index in [1.807, 2.05) is 21.0 Å². The molecule has 0 bridgehead atoms. The van der Waals surface area contributed by atoms with Crippen LogP contribution < -0.4 is 5.32 Å². The second-order valence-corrected chi connectivity index (χ2v) is 4.52. The molecule has 0 spiro atoms. The van der Waals surface area contributed by atoms with Crippen LogP contribution in [0.15, 0.2) is 18.2 Å². The smallest absolute Gasteiger partial charge is 0.135 e. The Morgan fingerprint density at radius 2 is 2.05 bits per heavy atom. The summed E-state index contributed by atoms with van der Waals surface area (Å²) >= 11 is 0. The molecule has 1 aromatic heterocycles. The minimum absolute atomic E-state index is 0.338. The second kappa shape index (κ2) is 5.48. The van der Waals surface area contributed by atoms with Crippen molar-refractivity contribution in [3.05, 3.63) is 41.1 Å². The van der Waals surface area contributed by atoms with Crippen molar-refractivity contribution < 1.29 is 8.78 Å². The lowest BCUT2D eigenvalue weighted by Gasteiger charge is -2.03. The molecule has 0 aliphatic carbocycles. The van der Waals surface area contributed by atoms with Crippen molar-refractivity contribution in [2.75, 3.05) is 13.6 Å². The molecule has 0 saturated carbocycles. The van der Waals surface area contributed by atoms with E-state index >= 15 is 0 Å². The van der Waals surface area contributed by atoms with E-state index in [-0.39, 0.29) is 0 Å². The number of nitrogens with zero attached hydrogens (tertiary/aromatic N) is 2. The number of likely N-dealkylation sites (N-methyl/N-ethyl adjacent to an activating group) is 1. The van der Waals surface area contributed by atoms with Crippen LogP contribution in [0.1, 0.15) is 11.3 Å². The molecule has 102 valence electrons. The molecule has 0 amide bonds. The molecule has 2 rings (SSSR count). The highest BCUT2D eigenvalue weighted by Gasteiger charge is 2.16. The number of aromatic nitrogens is 2. The van der Waals surface area contributed by atoms with E-state index in [9.17, 15) is 8.78 Å². The number of hydrogen-bond donors (Lipinski definition) is 1. The molecule has 1 aromatic carbocycles. The van der Waals surface area contributed by atoms with Crippen LogP contribution >= 0.6 is 0 Å². The number of rotatable bonds is 4. The molecule has 0 unspecified atom stereocenters. The first-order valence-electron chi connectivity index (χ1n) is 6.17. The summed E-state index contributed by atoms with van der Waals surface area (Å²) in [5.41, 5.74) is 2.90. The largest absolute Gasteiger partial charge is 0.319 e. The summed E-state index contributed by atoms with van der Waals surface area (Å²) in [4.78, 5) is 0. The summed E-state index contributed by atoms with van der Waals surface area (Å²) in [6.07, 6.45) is 0.814. The molecule has 0 aliphatic rings. The van der Waals surface area contributed by atoms with Gasteiger partial charge in [-0.25, -0.2) is 8.78 Å². The van der Waals surface area contributed by atoms with E-state index in [0.29, 0.717) is 11.3 Å². The van der Waals surface area contributed by atoms with Gasteiger partial charge in [0.15, 0.2) is 0 Å². The van der Waals surface area contributed by atoms with E-state index in [0.717, 1.165) is 30.3 Å². The normalized spacial score (nSPS) is 11.0. The van der Waals surface area contributed by atoms with E-state index < -0.39 is 11.6 Å². The Morgan fingerprint density at radius 1 is 1.32 bits per heavy atom. The molecule has 3 nitrogen and oxygen atoms in total. The van der Waals surface area contributed by atoms with Gasteiger partial charge in [0.05, 0.1) is 5.69 Å². The Hall–Kier alpha value is -1.75. The standard InChI is InChI=1S/C14H17F2N3/c1-9-13(6-7-17-2)19(3)18-14(9)11-5-4-10(15)8-12(11)16/h4-5,8,17H,6-7H2,1-3H3. The molecular weight excluding hydrogens is 248 g/mol. The van der Waals surface area contributed by atoms with Gasteiger partial charge in [0.1, 0.15) is 11.6 Å². The fraction of sp³-hybridized carbons (Fsp3) is 0.357. The zero-order valence-corrected chi connectivity index (χ0v) is 11.3. The van der Waals surface area contributed by atoms with Crippen LogP contribution in [-0.4, -0.2) is 23.4 Å². The van der Waals surface area contributed by atoms with Crippen molar-refractivity contribution in [2.24, 2.45) is 7.05 Å². The molecule has 1 heterocycles. The topological polar surface area (TPSA) is 29.9 Å². The van der Waals surface area contributed by atoms with E-state index in [1.165, 1.54) is 12.1 Å². The maximum Gasteiger partial charge on any atom is 0.135 e. The number of halogens is 2. The van der Waals surface area contributed by atoms with Crippen LogP contribution in [0.3, 0.4) is 0 Å². The lowest BCUT2D eigenvalue weighted by Crippen LogP contribution is -2.13. The SMILES string of the molecule is CNCCc1c(C)c(-c2ccc(F)cc2F)nn1C. The number of hydrogen-bond acceptors (Lipinski definition) is 2. The Kier molecular flexibility index (Phi) is 3.95. The lowest BCUT2D eigenvalue weighted by atomic mass is 10.1. The zero-order valence-electron chi connectivity index (χ0n) is 11.3. The molecule has 1 N–H and O–H groups in total. The number of nitrogens with one attached hydrogen (secondary N) is 1. The highest BCUT2D eigenvalue weighted by atomic mass is 19.1. The van der Waals surface area contributed by atoms with Crippen LogP contribution in [-0.2, 0) is 13.5 Å². The van der Waals surface area contributed by atoms with Gasteiger partial charge in [-0.05, 0) is 31.7 Å². The summed E-state index contributed by atoms with van der Waals surface area (Å²) in [6.45, 7) is 2.74. The van der Waals surface area contributed by atoms with Gasteiger partial charge in [-0.1, -0.05) is 0 Å². The first-order valence-corrected chi connectivity index (χ1v) is 6.17. The first kappa shape index (κ1) is 13.7. The third-order valence-corrected chi connectivity index (χ3v) is 3.23. The molecule has 0 fully saturated rings. The van der Waals surface area contributed by atoms with Crippen LogP contribution in [0.2, 0.25) is 0 Å². The van der Waals surface area contributed by atoms with Gasteiger partial charge in [-0.3, -0.25) is 4.68 Å². The Morgan fingerprint density at radius 3 is 2.68 bits per heavy atom. The van der Waals surface area contributed by atoms with Gasteiger partial charge in [-0.15, -0.1) is 0 Å². The summed E-state index contributed by atoms with van der Waals surface area (Å²) in [5.74, 6) is -1.16. The second-order valence-electron chi connectivity index (χ2n) is 4.52. The highest BCUT2D eigenvalue weighted by molar-refractivity contribution is 5.64. The first-order chi connectivity index (χ1) is 9.04. The third kappa shape index (κ3) is 2.66. The van der Waals surface area contributed by atoms with Gasteiger partial charge in [0.2, 0.25) is 0 Å².